The Bertz CT molecular complexity index is 527. The first-order chi connectivity index (χ1) is 8.45. The third-order valence-electron chi connectivity index (χ3n) is 2.87. The van der Waals surface area contributed by atoms with Crippen LogP contribution >= 0.6 is 11.3 Å². The van der Waals surface area contributed by atoms with Crippen molar-refractivity contribution in [3.8, 4) is 0 Å². The van der Waals surface area contributed by atoms with Gasteiger partial charge in [-0.2, -0.15) is 5.10 Å². The fourth-order valence-corrected chi connectivity index (χ4v) is 2.56. The number of hydrogen-bond acceptors (Lipinski definition) is 5. The van der Waals surface area contributed by atoms with E-state index < -0.39 is 0 Å². The summed E-state index contributed by atoms with van der Waals surface area (Å²) < 4.78 is 1.89. The van der Waals surface area contributed by atoms with E-state index in [1.165, 1.54) is 0 Å². The van der Waals surface area contributed by atoms with Gasteiger partial charge >= 0.3 is 0 Å². The summed E-state index contributed by atoms with van der Waals surface area (Å²) >= 11 is 1.63. The summed E-state index contributed by atoms with van der Waals surface area (Å²) in [5.74, 6) is 0.871. The van der Waals surface area contributed by atoms with E-state index in [0.29, 0.717) is 5.69 Å². The van der Waals surface area contributed by atoms with Crippen molar-refractivity contribution in [2.45, 2.75) is 39.8 Å². The number of rotatable bonds is 4. The number of nitrogens with zero attached hydrogens (tertiary/aromatic N) is 3. The van der Waals surface area contributed by atoms with Crippen LogP contribution in [0.1, 0.15) is 31.5 Å². The highest BCUT2D eigenvalue weighted by Gasteiger charge is 2.26. The lowest BCUT2D eigenvalue weighted by Gasteiger charge is -2.25. The summed E-state index contributed by atoms with van der Waals surface area (Å²) in [6.45, 7) is 8.94. The van der Waals surface area contributed by atoms with Crippen molar-refractivity contribution in [1.82, 2.24) is 14.8 Å². The minimum Gasteiger partial charge on any atom is -0.394 e. The minimum atomic E-state index is -0.262. The van der Waals surface area contributed by atoms with E-state index >= 15 is 0 Å². The van der Waals surface area contributed by atoms with Gasteiger partial charge in [0.2, 0.25) is 0 Å². The fraction of sp³-hybridized carbons (Fsp3) is 0.500. The van der Waals surface area contributed by atoms with Gasteiger partial charge in [-0.15, -0.1) is 11.3 Å². The Morgan fingerprint density at radius 1 is 1.50 bits per heavy atom. The van der Waals surface area contributed by atoms with E-state index in [0.717, 1.165) is 23.1 Å². The zero-order chi connectivity index (χ0) is 13.3. The standard InChI is InChI=1S/C12H19N5S/c1-5-17-10(9(13)8(2)16-17)15-12(3,4)11-14-6-7-18-11/h6-7,15H,5,13H2,1-4H3. The van der Waals surface area contributed by atoms with Crippen molar-refractivity contribution >= 4 is 22.8 Å². The Morgan fingerprint density at radius 3 is 2.78 bits per heavy atom. The van der Waals surface area contributed by atoms with E-state index in [-0.39, 0.29) is 5.54 Å². The summed E-state index contributed by atoms with van der Waals surface area (Å²) in [6, 6.07) is 0. The van der Waals surface area contributed by atoms with Crippen LogP contribution in [0, 0.1) is 6.92 Å². The van der Waals surface area contributed by atoms with Crippen molar-refractivity contribution in [3.05, 3.63) is 22.3 Å². The van der Waals surface area contributed by atoms with Crippen molar-refractivity contribution in [2.75, 3.05) is 11.1 Å². The number of nitrogens with one attached hydrogen (secondary N) is 1. The van der Waals surface area contributed by atoms with Crippen molar-refractivity contribution in [1.29, 1.82) is 0 Å². The number of hydrogen-bond donors (Lipinski definition) is 2. The maximum Gasteiger partial charge on any atom is 0.148 e. The Hall–Kier alpha value is -1.56. The molecule has 98 valence electrons. The normalized spacial score (nSPS) is 11.8. The molecule has 0 amide bonds. The average molecular weight is 265 g/mol. The Morgan fingerprint density at radius 2 is 2.22 bits per heavy atom. The second-order valence-electron chi connectivity index (χ2n) is 4.75. The van der Waals surface area contributed by atoms with Crippen molar-refractivity contribution < 1.29 is 0 Å². The van der Waals surface area contributed by atoms with Crippen molar-refractivity contribution in [2.24, 2.45) is 0 Å². The van der Waals surface area contributed by atoms with Crippen LogP contribution in [0.15, 0.2) is 11.6 Å². The molecule has 0 atom stereocenters. The molecule has 0 aliphatic heterocycles. The van der Waals surface area contributed by atoms with Gasteiger partial charge in [0.05, 0.1) is 16.9 Å². The molecule has 3 N–H and O–H groups in total. The van der Waals surface area contributed by atoms with Gasteiger partial charge in [0.25, 0.3) is 0 Å². The molecule has 2 aromatic heterocycles. The van der Waals surface area contributed by atoms with Crippen LogP contribution < -0.4 is 11.1 Å². The predicted octanol–water partition coefficient (Wildman–Crippen LogP) is 2.60. The summed E-state index contributed by atoms with van der Waals surface area (Å²) in [7, 11) is 0. The number of nitrogens with two attached hydrogens (primary N) is 1. The second-order valence-corrected chi connectivity index (χ2v) is 5.65. The van der Waals surface area contributed by atoms with Crippen LogP contribution in [-0.2, 0) is 12.1 Å². The van der Waals surface area contributed by atoms with Gasteiger partial charge in [-0.1, -0.05) is 0 Å². The minimum absolute atomic E-state index is 0.262. The molecule has 6 heteroatoms. The molecule has 0 fully saturated rings. The van der Waals surface area contributed by atoms with Crippen LogP contribution in [0.25, 0.3) is 0 Å². The first-order valence-corrected chi connectivity index (χ1v) is 6.84. The molecule has 2 rings (SSSR count). The molecular weight excluding hydrogens is 246 g/mol. The van der Waals surface area contributed by atoms with Gasteiger partial charge < -0.3 is 11.1 Å². The lowest BCUT2D eigenvalue weighted by molar-refractivity contribution is 0.577. The highest BCUT2D eigenvalue weighted by Crippen LogP contribution is 2.31. The quantitative estimate of drug-likeness (QED) is 0.891. The molecule has 5 nitrogen and oxygen atoms in total. The second kappa shape index (κ2) is 4.61. The van der Waals surface area contributed by atoms with Gasteiger partial charge in [-0.3, -0.25) is 0 Å². The zero-order valence-electron chi connectivity index (χ0n) is 11.2. The summed E-state index contributed by atoms with van der Waals surface area (Å²) in [6.07, 6.45) is 1.81. The number of nitrogen functional groups attached to an aromatic ring is 1. The van der Waals surface area contributed by atoms with E-state index in [9.17, 15) is 0 Å². The van der Waals surface area contributed by atoms with Gasteiger partial charge in [-0.25, -0.2) is 9.67 Å². The highest BCUT2D eigenvalue weighted by atomic mass is 32.1. The molecule has 0 saturated heterocycles. The van der Waals surface area contributed by atoms with Crippen LogP contribution in [0.4, 0.5) is 11.5 Å². The van der Waals surface area contributed by atoms with Crippen molar-refractivity contribution in [3.63, 3.8) is 0 Å². The van der Waals surface area contributed by atoms with E-state index in [1.807, 2.05) is 30.1 Å². The molecule has 2 heterocycles. The lowest BCUT2D eigenvalue weighted by atomic mass is 10.1. The molecule has 2 aromatic rings. The Labute approximate surface area is 111 Å². The maximum atomic E-state index is 6.08. The summed E-state index contributed by atoms with van der Waals surface area (Å²) in [5, 5.41) is 10.9. The Kier molecular flexibility index (Phi) is 3.30. The number of anilines is 2. The third kappa shape index (κ3) is 2.20. The molecule has 0 bridgehead atoms. The summed E-state index contributed by atoms with van der Waals surface area (Å²) in [5.41, 5.74) is 7.38. The van der Waals surface area contributed by atoms with Crippen LogP contribution in [0.2, 0.25) is 0 Å². The van der Waals surface area contributed by atoms with E-state index in [2.05, 4.69) is 29.2 Å². The molecule has 0 saturated carbocycles. The zero-order valence-corrected chi connectivity index (χ0v) is 12.0. The molecule has 0 aromatic carbocycles. The molecule has 0 aliphatic rings. The van der Waals surface area contributed by atoms with Gasteiger partial charge in [0.1, 0.15) is 10.8 Å². The number of aryl methyl sites for hydroxylation is 2. The lowest BCUT2D eigenvalue weighted by Crippen LogP contribution is -2.29. The summed E-state index contributed by atoms with van der Waals surface area (Å²) in [4.78, 5) is 4.36. The predicted molar refractivity (Wildman–Crippen MR) is 75.8 cm³/mol. The first kappa shape index (κ1) is 12.9. The molecule has 0 radical (unpaired) electrons. The largest absolute Gasteiger partial charge is 0.394 e. The van der Waals surface area contributed by atoms with Crippen LogP contribution in [0.5, 0.6) is 0 Å². The third-order valence-corrected chi connectivity index (χ3v) is 3.97. The van der Waals surface area contributed by atoms with E-state index in [4.69, 9.17) is 5.73 Å². The van der Waals surface area contributed by atoms with E-state index in [1.54, 1.807) is 11.3 Å². The van der Waals surface area contributed by atoms with Gasteiger partial charge in [-0.05, 0) is 27.7 Å². The Balaban J connectivity index is 2.34. The number of aromatic nitrogens is 3. The smallest absolute Gasteiger partial charge is 0.148 e. The average Bonchev–Trinajstić information content (AvgIpc) is 2.93. The monoisotopic (exact) mass is 265 g/mol. The fourth-order valence-electron chi connectivity index (χ4n) is 1.84. The molecular formula is C12H19N5S. The highest BCUT2D eigenvalue weighted by molar-refractivity contribution is 7.09. The molecule has 0 spiro atoms. The van der Waals surface area contributed by atoms with Crippen LogP contribution in [-0.4, -0.2) is 14.8 Å². The van der Waals surface area contributed by atoms with Gasteiger partial charge in [0, 0.05) is 18.1 Å². The SMILES string of the molecule is CCn1nc(C)c(N)c1NC(C)(C)c1nccs1. The molecule has 0 unspecified atom stereocenters. The number of thiazole rings is 1. The maximum absolute atomic E-state index is 6.08. The molecule has 18 heavy (non-hydrogen) atoms. The van der Waals surface area contributed by atoms with Gasteiger partial charge in [0.15, 0.2) is 0 Å². The van der Waals surface area contributed by atoms with Crippen LogP contribution in [0.3, 0.4) is 0 Å². The molecule has 0 aliphatic carbocycles. The first-order valence-electron chi connectivity index (χ1n) is 5.96. The topological polar surface area (TPSA) is 68.8 Å².